The minimum Gasteiger partial charge on any atom is -0.338 e. The van der Waals surface area contributed by atoms with E-state index in [1.807, 2.05) is 45.9 Å². The Bertz CT molecular complexity index is 1120. The van der Waals surface area contributed by atoms with Crippen LogP contribution in [0.25, 0.3) is 5.65 Å². The topological polar surface area (TPSA) is 77.5 Å². The first-order valence-corrected chi connectivity index (χ1v) is 11.1. The molecular weight excluding hydrogens is 388 g/mol. The average Bonchev–Trinajstić information content (AvgIpc) is 3.50. The summed E-state index contributed by atoms with van der Waals surface area (Å²) >= 11 is 0. The average molecular weight is 415 g/mol. The number of carbonyl (C=O) groups is 1. The number of amides is 1. The van der Waals surface area contributed by atoms with Crippen molar-refractivity contribution in [3.05, 3.63) is 65.1 Å². The highest BCUT2D eigenvalue weighted by molar-refractivity contribution is 5.99. The number of rotatable bonds is 4. The summed E-state index contributed by atoms with van der Waals surface area (Å²) in [7, 11) is 0. The lowest BCUT2D eigenvalue weighted by atomic mass is 9.94. The number of hydrogen-bond donors (Lipinski definition) is 0. The standard InChI is InChI=1S/C24H26N6O/c25-14-18-5-7-19(8-6-18)16-28-11-3-4-20(17-28)22-9-10-26-23-21(15-27-30(22)23)24(31)29-12-1-2-13-29/h5-10,15,20H,1-4,11-13,16-17H2/t20-/m1/s1. The van der Waals surface area contributed by atoms with Crippen LogP contribution in [0.4, 0.5) is 0 Å². The zero-order valence-electron chi connectivity index (χ0n) is 17.6. The third kappa shape index (κ3) is 3.91. The second kappa shape index (κ2) is 8.48. The van der Waals surface area contributed by atoms with Gasteiger partial charge in [-0.3, -0.25) is 9.69 Å². The summed E-state index contributed by atoms with van der Waals surface area (Å²) < 4.78 is 1.87. The van der Waals surface area contributed by atoms with E-state index < -0.39 is 0 Å². The number of benzene rings is 1. The highest BCUT2D eigenvalue weighted by Gasteiger charge is 2.27. The van der Waals surface area contributed by atoms with Crippen molar-refractivity contribution in [1.29, 1.82) is 5.26 Å². The second-order valence-corrected chi connectivity index (χ2v) is 8.55. The molecule has 7 nitrogen and oxygen atoms in total. The van der Waals surface area contributed by atoms with Gasteiger partial charge in [-0.2, -0.15) is 10.4 Å². The predicted molar refractivity (Wildman–Crippen MR) is 117 cm³/mol. The van der Waals surface area contributed by atoms with Crippen LogP contribution < -0.4 is 0 Å². The summed E-state index contributed by atoms with van der Waals surface area (Å²) in [5, 5.41) is 13.6. The molecule has 0 bridgehead atoms. The van der Waals surface area contributed by atoms with Crippen LogP contribution in [-0.2, 0) is 6.54 Å². The maximum absolute atomic E-state index is 12.9. The second-order valence-electron chi connectivity index (χ2n) is 8.55. The first-order chi connectivity index (χ1) is 15.2. The molecule has 31 heavy (non-hydrogen) atoms. The zero-order valence-corrected chi connectivity index (χ0v) is 17.6. The summed E-state index contributed by atoms with van der Waals surface area (Å²) in [6.45, 7) is 4.51. The van der Waals surface area contributed by atoms with Crippen LogP contribution in [0.2, 0.25) is 0 Å². The van der Waals surface area contributed by atoms with Crippen molar-refractivity contribution in [2.75, 3.05) is 26.2 Å². The van der Waals surface area contributed by atoms with E-state index in [0.717, 1.165) is 64.1 Å². The number of likely N-dealkylation sites (tertiary alicyclic amines) is 2. The third-order valence-electron chi connectivity index (χ3n) is 6.47. The number of piperidine rings is 1. The normalized spacial score (nSPS) is 19.6. The minimum atomic E-state index is 0.0447. The van der Waals surface area contributed by atoms with Gasteiger partial charge in [-0.25, -0.2) is 9.50 Å². The number of carbonyl (C=O) groups excluding carboxylic acids is 1. The molecule has 2 aromatic heterocycles. The SMILES string of the molecule is N#Cc1ccc(CN2CCC[C@@H](c3ccnc4c(C(=O)N5CCCC5)cnn34)C2)cc1. The van der Waals surface area contributed by atoms with Crippen LogP contribution >= 0.6 is 0 Å². The van der Waals surface area contributed by atoms with Gasteiger partial charge < -0.3 is 4.90 Å². The van der Waals surface area contributed by atoms with E-state index in [4.69, 9.17) is 5.26 Å². The summed E-state index contributed by atoms with van der Waals surface area (Å²) in [6, 6.07) is 12.1. The van der Waals surface area contributed by atoms with Crippen molar-refractivity contribution in [2.24, 2.45) is 0 Å². The van der Waals surface area contributed by atoms with Crippen LogP contribution in [0.1, 0.15) is 58.8 Å². The van der Waals surface area contributed by atoms with Gasteiger partial charge in [-0.15, -0.1) is 0 Å². The predicted octanol–water partition coefficient (Wildman–Crippen LogP) is 3.22. The molecule has 0 N–H and O–H groups in total. The molecule has 158 valence electrons. The lowest BCUT2D eigenvalue weighted by molar-refractivity contribution is 0.0794. The first kappa shape index (κ1) is 19.7. The Hall–Kier alpha value is -3.24. The Kier molecular flexibility index (Phi) is 5.39. The Morgan fingerprint density at radius 1 is 1.10 bits per heavy atom. The van der Waals surface area contributed by atoms with Gasteiger partial charge in [0.1, 0.15) is 5.56 Å². The third-order valence-corrected chi connectivity index (χ3v) is 6.47. The summed E-state index contributed by atoms with van der Waals surface area (Å²) in [6.07, 6.45) is 7.85. The van der Waals surface area contributed by atoms with Gasteiger partial charge in [-0.1, -0.05) is 12.1 Å². The summed E-state index contributed by atoms with van der Waals surface area (Å²) in [4.78, 5) is 21.8. The number of aromatic nitrogens is 3. The van der Waals surface area contributed by atoms with Crippen LogP contribution in [0.15, 0.2) is 42.7 Å². The fraction of sp³-hybridized carbons (Fsp3) is 0.417. The summed E-state index contributed by atoms with van der Waals surface area (Å²) in [5.41, 5.74) is 4.30. The molecule has 0 unspecified atom stereocenters. The van der Waals surface area contributed by atoms with Gasteiger partial charge >= 0.3 is 0 Å². The van der Waals surface area contributed by atoms with Crippen LogP contribution in [-0.4, -0.2) is 56.5 Å². The van der Waals surface area contributed by atoms with E-state index in [-0.39, 0.29) is 5.91 Å². The van der Waals surface area contributed by atoms with E-state index in [9.17, 15) is 4.79 Å². The van der Waals surface area contributed by atoms with Crippen molar-refractivity contribution in [3.8, 4) is 6.07 Å². The quantitative estimate of drug-likeness (QED) is 0.655. The van der Waals surface area contributed by atoms with Gasteiger partial charge in [0.05, 0.1) is 23.5 Å². The number of hydrogen-bond acceptors (Lipinski definition) is 5. The van der Waals surface area contributed by atoms with Crippen LogP contribution in [0.5, 0.6) is 0 Å². The molecule has 2 saturated heterocycles. The van der Waals surface area contributed by atoms with Gasteiger partial charge in [0, 0.05) is 38.3 Å². The van der Waals surface area contributed by atoms with E-state index in [0.29, 0.717) is 22.7 Å². The van der Waals surface area contributed by atoms with Crippen LogP contribution in [0, 0.1) is 11.3 Å². The largest absolute Gasteiger partial charge is 0.338 e. The van der Waals surface area contributed by atoms with E-state index in [2.05, 4.69) is 21.1 Å². The number of nitriles is 1. The van der Waals surface area contributed by atoms with Crippen molar-refractivity contribution in [1.82, 2.24) is 24.4 Å². The van der Waals surface area contributed by atoms with E-state index >= 15 is 0 Å². The molecule has 0 spiro atoms. The molecule has 2 aliphatic heterocycles. The minimum absolute atomic E-state index is 0.0447. The summed E-state index contributed by atoms with van der Waals surface area (Å²) in [5.74, 6) is 0.385. The lowest BCUT2D eigenvalue weighted by Crippen LogP contribution is -2.34. The van der Waals surface area contributed by atoms with Gasteiger partial charge in [0.15, 0.2) is 5.65 Å². The molecule has 0 radical (unpaired) electrons. The Morgan fingerprint density at radius 2 is 1.90 bits per heavy atom. The maximum atomic E-state index is 12.9. The van der Waals surface area contributed by atoms with Crippen molar-refractivity contribution in [3.63, 3.8) is 0 Å². The highest BCUT2D eigenvalue weighted by atomic mass is 16.2. The number of fused-ring (bicyclic) bond motifs is 1. The monoisotopic (exact) mass is 414 g/mol. The maximum Gasteiger partial charge on any atom is 0.259 e. The molecule has 1 atom stereocenters. The fourth-order valence-corrected chi connectivity index (χ4v) is 4.84. The molecular formula is C24H26N6O. The molecule has 2 fully saturated rings. The molecule has 2 aliphatic rings. The molecule has 4 heterocycles. The Morgan fingerprint density at radius 3 is 2.68 bits per heavy atom. The number of nitrogens with zero attached hydrogens (tertiary/aromatic N) is 6. The molecule has 5 rings (SSSR count). The van der Waals surface area contributed by atoms with E-state index in [1.165, 1.54) is 5.56 Å². The van der Waals surface area contributed by atoms with Crippen molar-refractivity contribution >= 4 is 11.6 Å². The molecule has 7 heteroatoms. The highest BCUT2D eigenvalue weighted by Crippen LogP contribution is 2.28. The Labute approximate surface area is 181 Å². The Balaban J connectivity index is 1.36. The lowest BCUT2D eigenvalue weighted by Gasteiger charge is -2.33. The van der Waals surface area contributed by atoms with Crippen LogP contribution in [0.3, 0.4) is 0 Å². The molecule has 0 saturated carbocycles. The molecule has 1 amide bonds. The zero-order chi connectivity index (χ0) is 21.2. The molecule has 3 aromatic rings. The van der Waals surface area contributed by atoms with Gasteiger partial charge in [0.2, 0.25) is 0 Å². The smallest absolute Gasteiger partial charge is 0.259 e. The molecule has 0 aliphatic carbocycles. The van der Waals surface area contributed by atoms with Crippen molar-refractivity contribution < 1.29 is 4.79 Å². The van der Waals surface area contributed by atoms with E-state index in [1.54, 1.807) is 6.20 Å². The van der Waals surface area contributed by atoms with Gasteiger partial charge in [0.25, 0.3) is 5.91 Å². The molecule has 1 aromatic carbocycles. The fourth-order valence-electron chi connectivity index (χ4n) is 4.84. The van der Waals surface area contributed by atoms with Gasteiger partial charge in [-0.05, 0) is 56.0 Å². The van der Waals surface area contributed by atoms with Crippen molar-refractivity contribution in [2.45, 2.75) is 38.1 Å². The first-order valence-electron chi connectivity index (χ1n) is 11.1.